The Morgan fingerprint density at radius 2 is 1.53 bits per heavy atom. The molecule has 2 heterocycles. The highest BCUT2D eigenvalue weighted by Crippen LogP contribution is 2.17. The van der Waals surface area contributed by atoms with E-state index in [1.54, 1.807) is 52.2 Å². The largest absolute Gasteiger partial charge is 0.337 e. The molecule has 30 heavy (non-hydrogen) atoms. The molecule has 1 fully saturated rings. The molecular weight excluding hydrogens is 400 g/mol. The first-order chi connectivity index (χ1) is 14.5. The van der Waals surface area contributed by atoms with Gasteiger partial charge in [-0.25, -0.2) is 13.1 Å². The average Bonchev–Trinajstić information content (AvgIpc) is 3.28. The fourth-order valence-corrected chi connectivity index (χ4v) is 4.75. The van der Waals surface area contributed by atoms with E-state index in [2.05, 4.69) is 5.10 Å². The van der Waals surface area contributed by atoms with Gasteiger partial charge in [0.2, 0.25) is 15.9 Å². The summed E-state index contributed by atoms with van der Waals surface area (Å²) in [6.45, 7) is 1.28. The van der Waals surface area contributed by atoms with Crippen LogP contribution in [-0.4, -0.2) is 59.5 Å². The van der Waals surface area contributed by atoms with Gasteiger partial charge in [0.15, 0.2) is 0 Å². The number of para-hydroxylation sites is 1. The number of nitrogens with zero attached hydrogens (tertiary/aromatic N) is 4. The number of aromatic nitrogens is 2. The van der Waals surface area contributed by atoms with Crippen LogP contribution in [0, 0.1) is 0 Å². The van der Waals surface area contributed by atoms with Crippen molar-refractivity contribution >= 4 is 22.0 Å². The summed E-state index contributed by atoms with van der Waals surface area (Å²) < 4.78 is 28.6. The average molecular weight is 423 g/mol. The van der Waals surface area contributed by atoms with Gasteiger partial charge >= 0.3 is 0 Å². The second-order valence-corrected chi connectivity index (χ2v) is 8.87. The normalized spacial score (nSPS) is 15.5. The van der Waals surface area contributed by atoms with Gasteiger partial charge in [0.1, 0.15) is 0 Å². The summed E-state index contributed by atoms with van der Waals surface area (Å²) >= 11 is 0. The minimum absolute atomic E-state index is 0.140. The maximum absolute atomic E-state index is 12.7. The Hall–Kier alpha value is -3.23. The van der Waals surface area contributed by atoms with E-state index in [0.29, 0.717) is 13.1 Å². The third kappa shape index (κ3) is 4.34. The number of amides is 1. The van der Waals surface area contributed by atoms with Gasteiger partial charge in [-0.1, -0.05) is 36.4 Å². The Labute approximate surface area is 175 Å². The van der Waals surface area contributed by atoms with Crippen LogP contribution in [0.3, 0.4) is 0 Å². The molecule has 0 bridgehead atoms. The third-order valence-corrected chi connectivity index (χ3v) is 6.89. The molecule has 0 aliphatic carbocycles. The molecule has 4 rings (SSSR count). The number of benzene rings is 2. The smallest absolute Gasteiger partial charge is 0.246 e. The Morgan fingerprint density at radius 1 is 0.900 bits per heavy atom. The standard InChI is InChI=1S/C22H22N4O3S/c27-22(12-11-19-17-23-26(18-19)20-7-3-1-4-8-20)24-13-15-25(16-14-24)30(28,29)21-9-5-2-6-10-21/h1-12,17-18H,13-16H2. The highest BCUT2D eigenvalue weighted by Gasteiger charge is 2.29. The van der Waals surface area contributed by atoms with Crippen molar-refractivity contribution < 1.29 is 13.2 Å². The van der Waals surface area contributed by atoms with Crippen LogP contribution < -0.4 is 0 Å². The van der Waals surface area contributed by atoms with E-state index in [1.165, 1.54) is 10.4 Å². The molecule has 0 N–H and O–H groups in total. The maximum Gasteiger partial charge on any atom is 0.246 e. The molecule has 2 aromatic carbocycles. The quantitative estimate of drug-likeness (QED) is 0.592. The van der Waals surface area contributed by atoms with E-state index in [1.807, 2.05) is 36.5 Å². The van der Waals surface area contributed by atoms with E-state index in [-0.39, 0.29) is 23.9 Å². The van der Waals surface area contributed by atoms with Crippen molar-refractivity contribution in [1.29, 1.82) is 0 Å². The lowest BCUT2D eigenvalue weighted by atomic mass is 10.3. The molecule has 1 aliphatic rings. The van der Waals surface area contributed by atoms with Crippen LogP contribution in [-0.2, 0) is 14.8 Å². The van der Waals surface area contributed by atoms with Gasteiger partial charge in [0.05, 0.1) is 16.8 Å². The minimum Gasteiger partial charge on any atom is -0.337 e. The number of carbonyl (C=O) groups is 1. The molecule has 1 amide bonds. The predicted molar refractivity (Wildman–Crippen MR) is 114 cm³/mol. The minimum atomic E-state index is -3.52. The van der Waals surface area contributed by atoms with Gasteiger partial charge in [0, 0.05) is 44.0 Å². The zero-order valence-corrected chi connectivity index (χ0v) is 17.1. The molecule has 3 aromatic rings. The second-order valence-electron chi connectivity index (χ2n) is 6.93. The molecule has 8 heteroatoms. The highest BCUT2D eigenvalue weighted by atomic mass is 32.2. The van der Waals surface area contributed by atoms with Crippen LogP contribution in [0.15, 0.2) is 84.0 Å². The van der Waals surface area contributed by atoms with Crippen molar-refractivity contribution in [2.24, 2.45) is 0 Å². The maximum atomic E-state index is 12.7. The fraction of sp³-hybridized carbons (Fsp3) is 0.182. The lowest BCUT2D eigenvalue weighted by Gasteiger charge is -2.33. The van der Waals surface area contributed by atoms with Crippen LogP contribution in [0.4, 0.5) is 0 Å². The number of piperazine rings is 1. The van der Waals surface area contributed by atoms with E-state index >= 15 is 0 Å². The zero-order chi connectivity index (χ0) is 21.0. The molecule has 0 spiro atoms. The summed E-state index contributed by atoms with van der Waals surface area (Å²) in [6.07, 6.45) is 6.78. The van der Waals surface area contributed by atoms with Gasteiger partial charge in [-0.15, -0.1) is 0 Å². The molecule has 1 aliphatic heterocycles. The topological polar surface area (TPSA) is 75.5 Å². The summed E-state index contributed by atoms with van der Waals surface area (Å²) in [5.41, 5.74) is 1.76. The lowest BCUT2D eigenvalue weighted by Crippen LogP contribution is -2.50. The van der Waals surface area contributed by atoms with Crippen LogP contribution in [0.2, 0.25) is 0 Å². The second kappa shape index (κ2) is 8.64. The van der Waals surface area contributed by atoms with Crippen molar-refractivity contribution in [3.63, 3.8) is 0 Å². The zero-order valence-electron chi connectivity index (χ0n) is 16.3. The van der Waals surface area contributed by atoms with Gasteiger partial charge in [-0.05, 0) is 30.3 Å². The van der Waals surface area contributed by atoms with Crippen LogP contribution >= 0.6 is 0 Å². The van der Waals surface area contributed by atoms with Gasteiger partial charge in [0.25, 0.3) is 0 Å². The van der Waals surface area contributed by atoms with Crippen LogP contribution in [0.5, 0.6) is 0 Å². The van der Waals surface area contributed by atoms with Crippen molar-refractivity contribution in [3.05, 3.63) is 84.7 Å². The first kappa shape index (κ1) is 20.1. The van der Waals surface area contributed by atoms with E-state index in [9.17, 15) is 13.2 Å². The molecule has 0 atom stereocenters. The molecular formula is C22H22N4O3S. The summed E-state index contributed by atoms with van der Waals surface area (Å²) in [5.74, 6) is -0.140. The van der Waals surface area contributed by atoms with Crippen molar-refractivity contribution in [1.82, 2.24) is 19.0 Å². The first-order valence-corrected chi connectivity index (χ1v) is 11.1. The highest BCUT2D eigenvalue weighted by molar-refractivity contribution is 7.89. The third-order valence-electron chi connectivity index (χ3n) is 4.97. The molecule has 0 saturated carbocycles. The lowest BCUT2D eigenvalue weighted by molar-refractivity contribution is -0.127. The number of carbonyl (C=O) groups excluding carboxylic acids is 1. The van der Waals surface area contributed by atoms with Gasteiger partial charge in [-0.3, -0.25) is 4.79 Å². The molecule has 7 nitrogen and oxygen atoms in total. The van der Waals surface area contributed by atoms with Gasteiger partial charge in [-0.2, -0.15) is 9.40 Å². The molecule has 154 valence electrons. The number of hydrogen-bond acceptors (Lipinski definition) is 4. The molecule has 0 unspecified atom stereocenters. The van der Waals surface area contributed by atoms with E-state index < -0.39 is 10.0 Å². The van der Waals surface area contributed by atoms with Crippen molar-refractivity contribution in [2.45, 2.75) is 4.90 Å². The van der Waals surface area contributed by atoms with Crippen molar-refractivity contribution in [3.8, 4) is 5.69 Å². The van der Waals surface area contributed by atoms with E-state index in [4.69, 9.17) is 0 Å². The van der Waals surface area contributed by atoms with Crippen molar-refractivity contribution in [2.75, 3.05) is 26.2 Å². The SMILES string of the molecule is O=C(C=Cc1cnn(-c2ccccc2)c1)N1CCN(S(=O)(=O)c2ccccc2)CC1. The predicted octanol–water partition coefficient (Wildman–Crippen LogP) is 2.42. The van der Waals surface area contributed by atoms with E-state index in [0.717, 1.165) is 11.3 Å². The molecule has 1 saturated heterocycles. The first-order valence-electron chi connectivity index (χ1n) is 9.66. The summed E-state index contributed by atoms with van der Waals surface area (Å²) in [5, 5.41) is 4.31. The summed E-state index contributed by atoms with van der Waals surface area (Å²) in [4.78, 5) is 14.5. The summed E-state index contributed by atoms with van der Waals surface area (Å²) in [7, 11) is -3.52. The Morgan fingerprint density at radius 3 is 2.20 bits per heavy atom. The van der Waals surface area contributed by atoms with Crippen LogP contribution in [0.1, 0.15) is 5.56 Å². The molecule has 0 radical (unpaired) electrons. The Kier molecular flexibility index (Phi) is 5.78. The van der Waals surface area contributed by atoms with Gasteiger partial charge < -0.3 is 4.90 Å². The van der Waals surface area contributed by atoms with Crippen LogP contribution in [0.25, 0.3) is 11.8 Å². The number of rotatable bonds is 5. The Bertz CT molecular complexity index is 1130. The Balaban J connectivity index is 1.35. The monoisotopic (exact) mass is 422 g/mol. The molecule has 1 aromatic heterocycles. The number of sulfonamides is 1. The number of hydrogen-bond donors (Lipinski definition) is 0. The summed E-state index contributed by atoms with van der Waals surface area (Å²) in [6, 6.07) is 18.1. The fourth-order valence-electron chi connectivity index (χ4n) is 3.31.